The van der Waals surface area contributed by atoms with E-state index in [4.69, 9.17) is 4.74 Å². The Kier molecular flexibility index (Phi) is 4.22. The first-order valence-corrected chi connectivity index (χ1v) is 6.80. The second-order valence-electron chi connectivity index (χ2n) is 7.06. The average molecular weight is 282 g/mol. The van der Waals surface area contributed by atoms with E-state index >= 15 is 0 Å². The number of hydrogen-bond donors (Lipinski definition) is 0. The second kappa shape index (κ2) is 5.11. The van der Waals surface area contributed by atoms with Gasteiger partial charge in [0.15, 0.2) is 6.04 Å². The molecule has 1 aliphatic heterocycles. The predicted molar refractivity (Wildman–Crippen MR) is 78.4 cm³/mol. The molecule has 0 aliphatic carbocycles. The van der Waals surface area contributed by atoms with Gasteiger partial charge in [0.2, 0.25) is 0 Å². The van der Waals surface area contributed by atoms with Crippen LogP contribution < -0.4 is 0 Å². The zero-order valence-corrected chi connectivity index (χ0v) is 13.6. The molecular formula is C15H26N2O3. The summed E-state index contributed by atoms with van der Waals surface area (Å²) in [6.07, 6.45) is 1.65. The lowest BCUT2D eigenvalue weighted by atomic mass is 9.99. The Bertz CT molecular complexity index is 418. The first-order valence-electron chi connectivity index (χ1n) is 6.80. The topological polar surface area (TPSA) is 49.9 Å². The molecule has 114 valence electrons. The zero-order valence-electron chi connectivity index (χ0n) is 13.6. The van der Waals surface area contributed by atoms with E-state index in [9.17, 15) is 9.59 Å². The second-order valence-corrected chi connectivity index (χ2v) is 7.06. The Morgan fingerprint density at radius 1 is 1.15 bits per heavy atom. The summed E-state index contributed by atoms with van der Waals surface area (Å²) in [6, 6.07) is -1.22. The fraction of sp³-hybridized carbons (Fsp3) is 0.733. The fourth-order valence-corrected chi connectivity index (χ4v) is 2.69. The molecule has 5 nitrogen and oxygen atoms in total. The minimum absolute atomic E-state index is 0.162. The molecule has 0 aromatic rings. The maximum Gasteiger partial charge on any atom is 0.331 e. The number of esters is 1. The zero-order chi connectivity index (χ0) is 15.9. The van der Waals surface area contributed by atoms with Crippen molar-refractivity contribution in [3.63, 3.8) is 0 Å². The molecule has 0 spiro atoms. The molecule has 1 saturated heterocycles. The SMILES string of the molecule is C=C[C@@H]1[C@@H](C(=O)OC)N(C(C)(C)C)C(=O)N1C(C)(C)C. The van der Waals surface area contributed by atoms with Crippen LogP contribution in [0.25, 0.3) is 0 Å². The summed E-state index contributed by atoms with van der Waals surface area (Å²) >= 11 is 0. The van der Waals surface area contributed by atoms with Crippen LogP contribution in [-0.4, -0.2) is 52.1 Å². The fourth-order valence-electron chi connectivity index (χ4n) is 2.69. The van der Waals surface area contributed by atoms with Crippen molar-refractivity contribution in [3.05, 3.63) is 12.7 Å². The molecular weight excluding hydrogens is 256 g/mol. The van der Waals surface area contributed by atoms with Crippen LogP contribution in [0.3, 0.4) is 0 Å². The van der Waals surface area contributed by atoms with Gasteiger partial charge in [0.05, 0.1) is 13.2 Å². The molecule has 1 rings (SSSR count). The summed E-state index contributed by atoms with van der Waals surface area (Å²) in [5, 5.41) is 0. The molecule has 0 aromatic carbocycles. The summed E-state index contributed by atoms with van der Waals surface area (Å²) in [5.74, 6) is -0.412. The standard InChI is InChI=1S/C15H26N2O3/c1-9-10-11(12(18)20-8)17(15(5,6)7)13(19)16(10)14(2,3)4/h9-11H,1H2,2-8H3/t10-,11+/m1/s1. The summed E-state index contributed by atoms with van der Waals surface area (Å²) < 4.78 is 4.89. The normalized spacial score (nSPS) is 24.1. The van der Waals surface area contributed by atoms with E-state index in [1.54, 1.807) is 15.9 Å². The lowest BCUT2D eigenvalue weighted by Crippen LogP contribution is -2.52. The number of ether oxygens (including phenoxy) is 1. The molecule has 1 aliphatic rings. The van der Waals surface area contributed by atoms with Crippen LogP contribution in [0.2, 0.25) is 0 Å². The molecule has 5 heteroatoms. The first-order chi connectivity index (χ1) is 8.96. The van der Waals surface area contributed by atoms with E-state index in [2.05, 4.69) is 6.58 Å². The van der Waals surface area contributed by atoms with Crippen LogP contribution >= 0.6 is 0 Å². The van der Waals surface area contributed by atoms with Gasteiger partial charge in [-0.25, -0.2) is 9.59 Å². The van der Waals surface area contributed by atoms with Gasteiger partial charge in [0, 0.05) is 11.1 Å². The first kappa shape index (κ1) is 16.5. The number of methoxy groups -OCH3 is 1. The molecule has 0 unspecified atom stereocenters. The molecule has 1 heterocycles. The highest BCUT2D eigenvalue weighted by atomic mass is 16.5. The quantitative estimate of drug-likeness (QED) is 0.577. The van der Waals surface area contributed by atoms with E-state index < -0.39 is 29.1 Å². The Balaban J connectivity index is 3.40. The third-order valence-corrected chi connectivity index (χ3v) is 3.44. The smallest absolute Gasteiger partial charge is 0.331 e. The molecule has 0 N–H and O–H groups in total. The molecule has 0 aromatic heterocycles. The van der Waals surface area contributed by atoms with Crippen molar-refractivity contribution in [2.45, 2.75) is 64.7 Å². The van der Waals surface area contributed by atoms with Gasteiger partial charge in [-0.2, -0.15) is 0 Å². The van der Waals surface area contributed by atoms with Crippen LogP contribution in [0.1, 0.15) is 41.5 Å². The summed E-state index contributed by atoms with van der Waals surface area (Å²) in [5.41, 5.74) is -0.876. The van der Waals surface area contributed by atoms with Gasteiger partial charge in [-0.1, -0.05) is 6.08 Å². The number of hydrogen-bond acceptors (Lipinski definition) is 3. The van der Waals surface area contributed by atoms with E-state index in [1.807, 2.05) is 41.5 Å². The van der Waals surface area contributed by atoms with Crippen molar-refractivity contribution in [3.8, 4) is 0 Å². The van der Waals surface area contributed by atoms with Gasteiger partial charge in [0.25, 0.3) is 0 Å². The lowest BCUT2D eigenvalue weighted by molar-refractivity contribution is -0.147. The van der Waals surface area contributed by atoms with Crippen molar-refractivity contribution in [2.24, 2.45) is 0 Å². The summed E-state index contributed by atoms with van der Waals surface area (Å²) in [4.78, 5) is 28.3. The maximum atomic E-state index is 12.8. The van der Waals surface area contributed by atoms with Gasteiger partial charge in [-0.15, -0.1) is 6.58 Å². The van der Waals surface area contributed by atoms with Gasteiger partial charge in [-0.05, 0) is 41.5 Å². The van der Waals surface area contributed by atoms with E-state index in [0.29, 0.717) is 0 Å². The highest BCUT2D eigenvalue weighted by molar-refractivity contribution is 5.90. The number of carbonyl (C=O) groups is 2. The van der Waals surface area contributed by atoms with Crippen LogP contribution in [0.5, 0.6) is 0 Å². The van der Waals surface area contributed by atoms with Crippen molar-refractivity contribution in [1.29, 1.82) is 0 Å². The molecule has 2 amide bonds. The number of amides is 2. The predicted octanol–water partition coefficient (Wildman–Crippen LogP) is 2.42. The van der Waals surface area contributed by atoms with Crippen LogP contribution in [0.4, 0.5) is 4.79 Å². The molecule has 0 radical (unpaired) electrons. The van der Waals surface area contributed by atoms with Crippen LogP contribution in [0, 0.1) is 0 Å². The van der Waals surface area contributed by atoms with Crippen LogP contribution in [0.15, 0.2) is 12.7 Å². The molecule has 0 saturated carbocycles. The average Bonchev–Trinajstić information content (AvgIpc) is 2.59. The Morgan fingerprint density at radius 3 is 1.90 bits per heavy atom. The number of nitrogens with zero attached hydrogens (tertiary/aromatic N) is 2. The molecule has 20 heavy (non-hydrogen) atoms. The number of rotatable bonds is 2. The minimum atomic E-state index is -0.663. The Hall–Kier alpha value is -1.52. The highest BCUT2D eigenvalue weighted by Crippen LogP contribution is 2.35. The third-order valence-electron chi connectivity index (χ3n) is 3.44. The molecule has 0 bridgehead atoms. The summed E-state index contributed by atoms with van der Waals surface area (Å²) in [7, 11) is 1.34. The van der Waals surface area contributed by atoms with Gasteiger partial charge >= 0.3 is 12.0 Å². The molecule has 2 atom stereocenters. The Morgan fingerprint density at radius 2 is 1.60 bits per heavy atom. The molecule has 1 fully saturated rings. The third kappa shape index (κ3) is 2.67. The van der Waals surface area contributed by atoms with Crippen molar-refractivity contribution in [1.82, 2.24) is 9.80 Å². The van der Waals surface area contributed by atoms with E-state index in [1.165, 1.54) is 7.11 Å². The van der Waals surface area contributed by atoms with E-state index in [-0.39, 0.29) is 6.03 Å². The van der Waals surface area contributed by atoms with Gasteiger partial charge < -0.3 is 14.5 Å². The number of carbonyl (C=O) groups excluding carboxylic acids is 2. The highest BCUT2D eigenvalue weighted by Gasteiger charge is 2.55. The maximum absolute atomic E-state index is 12.8. The Labute approximate surface area is 121 Å². The lowest BCUT2D eigenvalue weighted by Gasteiger charge is -2.36. The van der Waals surface area contributed by atoms with Crippen molar-refractivity contribution < 1.29 is 14.3 Å². The van der Waals surface area contributed by atoms with Gasteiger partial charge in [-0.3, -0.25) is 0 Å². The van der Waals surface area contributed by atoms with E-state index in [0.717, 1.165) is 0 Å². The van der Waals surface area contributed by atoms with Crippen LogP contribution in [-0.2, 0) is 9.53 Å². The number of urea groups is 1. The summed E-state index contributed by atoms with van der Waals surface area (Å²) in [6.45, 7) is 15.4. The minimum Gasteiger partial charge on any atom is -0.467 e. The van der Waals surface area contributed by atoms with Gasteiger partial charge in [0.1, 0.15) is 0 Å². The largest absolute Gasteiger partial charge is 0.467 e. The van der Waals surface area contributed by atoms with Crippen molar-refractivity contribution in [2.75, 3.05) is 7.11 Å². The van der Waals surface area contributed by atoms with Crippen molar-refractivity contribution >= 4 is 12.0 Å². The monoisotopic (exact) mass is 282 g/mol.